The lowest BCUT2D eigenvalue weighted by Gasteiger charge is -2.23. The molecule has 2 amide bonds. The molecule has 0 unspecified atom stereocenters. The molecule has 1 fully saturated rings. The van der Waals surface area contributed by atoms with E-state index in [0.717, 1.165) is 31.5 Å². The van der Waals surface area contributed by atoms with Gasteiger partial charge in [-0.1, -0.05) is 25.0 Å². The van der Waals surface area contributed by atoms with Crippen LogP contribution in [0.4, 0.5) is 10.5 Å². The number of hydrogen-bond acceptors (Lipinski definition) is 3. The highest BCUT2D eigenvalue weighted by atomic mass is 16.6. The maximum Gasteiger partial charge on any atom is 0.317 e. The van der Waals surface area contributed by atoms with E-state index < -0.39 is 4.92 Å². The van der Waals surface area contributed by atoms with E-state index in [4.69, 9.17) is 0 Å². The average Bonchev–Trinajstić information content (AvgIpc) is 2.76. The number of carbonyl (C=O) groups excluding carboxylic acids is 1. The molecule has 1 aliphatic heterocycles. The van der Waals surface area contributed by atoms with E-state index in [1.54, 1.807) is 12.1 Å². The number of benzene rings is 1. The zero-order valence-electron chi connectivity index (χ0n) is 12.2. The van der Waals surface area contributed by atoms with Crippen LogP contribution in [0.5, 0.6) is 0 Å². The largest absolute Gasteiger partial charge is 0.331 e. The number of rotatable bonds is 3. The molecule has 1 N–H and O–H groups in total. The first-order valence-corrected chi connectivity index (χ1v) is 7.38. The number of hydrogen-bond donors (Lipinski definition) is 1. The van der Waals surface area contributed by atoms with Crippen molar-refractivity contribution in [1.29, 1.82) is 0 Å². The number of nitro groups is 1. The van der Waals surface area contributed by atoms with Crippen LogP contribution < -0.4 is 5.32 Å². The van der Waals surface area contributed by atoms with E-state index in [0.29, 0.717) is 0 Å². The lowest BCUT2D eigenvalue weighted by atomic mass is 10.1. The lowest BCUT2D eigenvalue weighted by Crippen LogP contribution is -2.41. The van der Waals surface area contributed by atoms with Crippen LogP contribution in [0.2, 0.25) is 0 Å². The predicted molar refractivity (Wildman–Crippen MR) is 80.1 cm³/mol. The van der Waals surface area contributed by atoms with Gasteiger partial charge in [-0.05, 0) is 25.3 Å². The zero-order valence-corrected chi connectivity index (χ0v) is 12.2. The molecule has 1 aromatic carbocycles. The molecule has 114 valence electrons. The second-order valence-corrected chi connectivity index (χ2v) is 5.42. The van der Waals surface area contributed by atoms with Crippen molar-refractivity contribution in [3.63, 3.8) is 0 Å². The molecule has 1 atom stereocenters. The maximum atomic E-state index is 12.2. The second-order valence-electron chi connectivity index (χ2n) is 5.42. The molecule has 6 nitrogen and oxygen atoms in total. The highest BCUT2D eigenvalue weighted by molar-refractivity contribution is 5.74. The van der Waals surface area contributed by atoms with Gasteiger partial charge in [-0.25, -0.2) is 4.79 Å². The Morgan fingerprint density at radius 3 is 2.57 bits per heavy atom. The molecular weight excluding hydrogens is 270 g/mol. The Balaban J connectivity index is 1.99. The number of nitrogens with zero attached hydrogens (tertiary/aromatic N) is 2. The SMILES string of the molecule is C[C@H](NC(=O)N1CCCCCC1)c1cccc([N+](=O)[O-])c1. The van der Waals surface area contributed by atoms with E-state index >= 15 is 0 Å². The molecule has 2 rings (SSSR count). The molecule has 0 saturated carbocycles. The number of nitro benzene ring substituents is 1. The first kappa shape index (κ1) is 15.3. The van der Waals surface area contributed by atoms with Crippen molar-refractivity contribution in [3.8, 4) is 0 Å². The quantitative estimate of drug-likeness (QED) is 0.686. The van der Waals surface area contributed by atoms with E-state index in [2.05, 4.69) is 5.32 Å². The van der Waals surface area contributed by atoms with Gasteiger partial charge >= 0.3 is 6.03 Å². The van der Waals surface area contributed by atoms with Crippen LogP contribution in [0.15, 0.2) is 24.3 Å². The molecule has 6 heteroatoms. The van der Waals surface area contributed by atoms with Gasteiger partial charge in [0.05, 0.1) is 11.0 Å². The highest BCUT2D eigenvalue weighted by Crippen LogP contribution is 2.19. The van der Waals surface area contributed by atoms with E-state index in [1.807, 2.05) is 11.8 Å². The summed E-state index contributed by atoms with van der Waals surface area (Å²) in [7, 11) is 0. The van der Waals surface area contributed by atoms with Crippen molar-refractivity contribution >= 4 is 11.7 Å². The fourth-order valence-electron chi connectivity index (χ4n) is 2.54. The summed E-state index contributed by atoms with van der Waals surface area (Å²) < 4.78 is 0. The summed E-state index contributed by atoms with van der Waals surface area (Å²) in [6, 6.07) is 6.05. The van der Waals surface area contributed by atoms with E-state index in [9.17, 15) is 14.9 Å². The van der Waals surface area contributed by atoms with Crippen molar-refractivity contribution in [3.05, 3.63) is 39.9 Å². The minimum absolute atomic E-state index is 0.0448. The third-order valence-electron chi connectivity index (χ3n) is 3.81. The Hall–Kier alpha value is -2.11. The van der Waals surface area contributed by atoms with Crippen molar-refractivity contribution in [2.24, 2.45) is 0 Å². The van der Waals surface area contributed by atoms with Gasteiger partial charge < -0.3 is 10.2 Å². The van der Waals surface area contributed by atoms with Crippen LogP contribution in [-0.2, 0) is 0 Å². The lowest BCUT2D eigenvalue weighted by molar-refractivity contribution is -0.384. The monoisotopic (exact) mass is 291 g/mol. The topological polar surface area (TPSA) is 75.5 Å². The summed E-state index contributed by atoms with van der Waals surface area (Å²) in [5.41, 5.74) is 0.788. The number of urea groups is 1. The van der Waals surface area contributed by atoms with Crippen molar-refractivity contribution in [1.82, 2.24) is 10.2 Å². The summed E-state index contributed by atoms with van der Waals surface area (Å²) in [6.07, 6.45) is 4.42. The number of non-ortho nitro benzene ring substituents is 1. The standard InChI is InChI=1S/C15H21N3O3/c1-12(13-7-6-8-14(11-13)18(20)21)16-15(19)17-9-4-2-3-5-10-17/h6-8,11-12H,2-5,9-10H2,1H3,(H,16,19)/t12-/m0/s1. The summed E-state index contributed by atoms with van der Waals surface area (Å²) in [5.74, 6) is 0. The third kappa shape index (κ3) is 4.18. The molecule has 1 heterocycles. The maximum absolute atomic E-state index is 12.2. The number of amides is 2. The molecule has 1 aliphatic rings. The molecule has 0 aromatic heterocycles. The predicted octanol–water partition coefficient (Wildman–Crippen LogP) is 3.24. The Morgan fingerprint density at radius 2 is 1.95 bits per heavy atom. The normalized spacial score (nSPS) is 16.9. The van der Waals surface area contributed by atoms with Gasteiger partial charge in [0, 0.05) is 25.2 Å². The van der Waals surface area contributed by atoms with Gasteiger partial charge in [0.25, 0.3) is 5.69 Å². The summed E-state index contributed by atoms with van der Waals surface area (Å²) >= 11 is 0. The Morgan fingerprint density at radius 1 is 1.29 bits per heavy atom. The number of likely N-dealkylation sites (tertiary alicyclic amines) is 1. The van der Waals surface area contributed by atoms with Crippen molar-refractivity contribution in [2.45, 2.75) is 38.6 Å². The molecular formula is C15H21N3O3. The zero-order chi connectivity index (χ0) is 15.2. The summed E-state index contributed by atoms with van der Waals surface area (Å²) in [6.45, 7) is 3.41. The molecule has 21 heavy (non-hydrogen) atoms. The molecule has 0 radical (unpaired) electrons. The van der Waals surface area contributed by atoms with Gasteiger partial charge in [-0.3, -0.25) is 10.1 Å². The van der Waals surface area contributed by atoms with Crippen LogP contribution in [0, 0.1) is 10.1 Å². The molecule has 1 saturated heterocycles. The fraction of sp³-hybridized carbons (Fsp3) is 0.533. The molecule has 0 spiro atoms. The van der Waals surface area contributed by atoms with E-state index in [-0.39, 0.29) is 17.8 Å². The first-order chi connectivity index (χ1) is 10.1. The van der Waals surface area contributed by atoms with Crippen LogP contribution in [0.3, 0.4) is 0 Å². The smallest absolute Gasteiger partial charge is 0.317 e. The number of carbonyl (C=O) groups is 1. The minimum atomic E-state index is -0.424. The molecule has 0 bridgehead atoms. The Bertz CT molecular complexity index is 511. The van der Waals surface area contributed by atoms with Crippen molar-refractivity contribution in [2.75, 3.05) is 13.1 Å². The first-order valence-electron chi connectivity index (χ1n) is 7.38. The van der Waals surface area contributed by atoms with Crippen LogP contribution in [-0.4, -0.2) is 28.9 Å². The van der Waals surface area contributed by atoms with Crippen LogP contribution >= 0.6 is 0 Å². The van der Waals surface area contributed by atoms with Gasteiger partial charge in [0.2, 0.25) is 0 Å². The molecule has 1 aromatic rings. The Labute approximate surface area is 124 Å². The number of nitrogens with one attached hydrogen (secondary N) is 1. The highest BCUT2D eigenvalue weighted by Gasteiger charge is 2.18. The minimum Gasteiger partial charge on any atom is -0.331 e. The van der Waals surface area contributed by atoms with Gasteiger partial charge in [-0.15, -0.1) is 0 Å². The Kier molecular flexibility index (Phi) is 5.14. The fourth-order valence-corrected chi connectivity index (χ4v) is 2.54. The van der Waals surface area contributed by atoms with Crippen LogP contribution in [0.25, 0.3) is 0 Å². The summed E-state index contributed by atoms with van der Waals surface area (Å²) in [5, 5.41) is 13.7. The van der Waals surface area contributed by atoms with Gasteiger partial charge in [-0.2, -0.15) is 0 Å². The van der Waals surface area contributed by atoms with Gasteiger partial charge in [0.1, 0.15) is 0 Å². The van der Waals surface area contributed by atoms with Crippen LogP contribution in [0.1, 0.15) is 44.2 Å². The van der Waals surface area contributed by atoms with E-state index in [1.165, 1.54) is 25.0 Å². The second kappa shape index (κ2) is 7.06. The average molecular weight is 291 g/mol. The summed E-state index contributed by atoms with van der Waals surface area (Å²) in [4.78, 5) is 24.4. The molecule has 0 aliphatic carbocycles. The van der Waals surface area contributed by atoms with Gasteiger partial charge in [0.15, 0.2) is 0 Å². The third-order valence-corrected chi connectivity index (χ3v) is 3.81. The van der Waals surface area contributed by atoms with Crippen molar-refractivity contribution < 1.29 is 9.72 Å².